The molecule has 7 nitrogen and oxygen atoms in total. The highest BCUT2D eigenvalue weighted by molar-refractivity contribution is 7.92. The number of carboxylic acids is 1. The molecule has 2 fully saturated rings. The van der Waals surface area contributed by atoms with Crippen molar-refractivity contribution in [3.05, 3.63) is 59.7 Å². The van der Waals surface area contributed by atoms with E-state index in [-0.39, 0.29) is 61.2 Å². The molecule has 0 aromatic heterocycles. The maximum Gasteiger partial charge on any atom is 0.435 e. The van der Waals surface area contributed by atoms with Crippen molar-refractivity contribution in [2.75, 3.05) is 20.2 Å². The normalized spacial score (nSPS) is 23.7. The fourth-order valence-corrected chi connectivity index (χ4v) is 7.98. The van der Waals surface area contributed by atoms with E-state index < -0.39 is 68.4 Å². The van der Waals surface area contributed by atoms with Crippen molar-refractivity contribution in [1.29, 1.82) is 0 Å². The maximum atomic E-state index is 14.7. The summed E-state index contributed by atoms with van der Waals surface area (Å²) in [6.07, 6.45) is -11.9. The fourth-order valence-electron chi connectivity index (χ4n) is 5.90. The number of ether oxygens (including phenoxy) is 1. The summed E-state index contributed by atoms with van der Waals surface area (Å²) in [6.45, 7) is -0.579. The molecule has 43 heavy (non-hydrogen) atoms. The largest absolute Gasteiger partial charge is 0.497 e. The Kier molecular flexibility index (Phi) is 8.55. The molecule has 1 heterocycles. The first-order valence-electron chi connectivity index (χ1n) is 13.2. The minimum atomic E-state index is -6.35. The van der Waals surface area contributed by atoms with E-state index in [9.17, 15) is 53.8 Å². The second kappa shape index (κ2) is 11.3. The highest BCUT2D eigenvalue weighted by Crippen LogP contribution is 2.54. The smallest absolute Gasteiger partial charge is 0.435 e. The van der Waals surface area contributed by atoms with Crippen molar-refractivity contribution in [2.24, 2.45) is 11.8 Å². The van der Waals surface area contributed by atoms with Crippen LogP contribution in [0.2, 0.25) is 0 Å². The van der Waals surface area contributed by atoms with Crippen LogP contribution in [0.25, 0.3) is 0 Å². The topological polar surface area (TPSA) is 101 Å². The van der Waals surface area contributed by atoms with Crippen LogP contribution in [0.4, 0.5) is 30.7 Å². The number of methoxy groups -OCH3 is 1. The van der Waals surface area contributed by atoms with E-state index in [0.29, 0.717) is 17.9 Å². The average molecular weight is 640 g/mol. The SMILES string of the molecule is COc1ccc(S(=O)(=O)[C@@]2(c3ccc(C(F)(C(F)(F)F)C(F)(F)F)cc3)CCN(C(=O)C3CCC(C(=O)O)CC3)C2)cc1. The van der Waals surface area contributed by atoms with Gasteiger partial charge in [-0.3, -0.25) is 9.59 Å². The van der Waals surface area contributed by atoms with E-state index >= 15 is 0 Å². The van der Waals surface area contributed by atoms with E-state index in [1.54, 1.807) is 0 Å². The zero-order valence-corrected chi connectivity index (χ0v) is 23.5. The van der Waals surface area contributed by atoms with Gasteiger partial charge in [-0.2, -0.15) is 26.3 Å². The van der Waals surface area contributed by atoms with Crippen LogP contribution in [-0.2, 0) is 29.8 Å². The Bertz CT molecular complexity index is 1440. The molecule has 1 atom stereocenters. The van der Waals surface area contributed by atoms with Crippen molar-refractivity contribution >= 4 is 21.7 Å². The first-order chi connectivity index (χ1) is 19.9. The molecule has 1 saturated carbocycles. The van der Waals surface area contributed by atoms with Gasteiger partial charge in [0.1, 0.15) is 10.5 Å². The van der Waals surface area contributed by atoms with Gasteiger partial charge in [0.25, 0.3) is 0 Å². The summed E-state index contributed by atoms with van der Waals surface area (Å²) in [5.41, 5.74) is -7.69. The molecule has 2 aliphatic rings. The Morgan fingerprint density at radius 2 is 1.37 bits per heavy atom. The fraction of sp³-hybridized carbons (Fsp3) is 0.500. The van der Waals surface area contributed by atoms with Gasteiger partial charge in [0.2, 0.25) is 5.91 Å². The molecule has 4 rings (SSSR count). The average Bonchev–Trinajstić information content (AvgIpc) is 3.43. The van der Waals surface area contributed by atoms with Crippen LogP contribution in [0.3, 0.4) is 0 Å². The number of benzene rings is 2. The molecular weight excluding hydrogens is 611 g/mol. The number of rotatable bonds is 7. The van der Waals surface area contributed by atoms with E-state index in [1.165, 1.54) is 36.3 Å². The van der Waals surface area contributed by atoms with Crippen LogP contribution in [-0.4, -0.2) is 62.9 Å². The molecule has 1 aliphatic heterocycles. The number of halogens is 7. The number of alkyl halides is 7. The number of aliphatic carboxylic acids is 1. The van der Waals surface area contributed by atoms with Gasteiger partial charge in [0.15, 0.2) is 9.84 Å². The van der Waals surface area contributed by atoms with Gasteiger partial charge in [-0.1, -0.05) is 24.3 Å². The molecule has 1 saturated heterocycles. The first-order valence-corrected chi connectivity index (χ1v) is 14.7. The lowest BCUT2D eigenvalue weighted by molar-refractivity contribution is -0.348. The molecule has 236 valence electrons. The summed E-state index contributed by atoms with van der Waals surface area (Å²) in [7, 11) is -3.12. The molecule has 15 heteroatoms. The molecule has 2 aromatic rings. The van der Waals surface area contributed by atoms with Gasteiger partial charge < -0.3 is 14.7 Å². The molecule has 0 spiro atoms. The van der Waals surface area contributed by atoms with Crippen molar-refractivity contribution in [2.45, 2.75) is 59.8 Å². The number of carbonyl (C=O) groups excluding carboxylic acids is 1. The molecular formula is C28H28F7NO6S. The third kappa shape index (κ3) is 5.55. The van der Waals surface area contributed by atoms with Crippen LogP contribution >= 0.6 is 0 Å². The highest BCUT2D eigenvalue weighted by Gasteiger charge is 2.73. The summed E-state index contributed by atoms with van der Waals surface area (Å²) in [5, 5.41) is 9.24. The summed E-state index contributed by atoms with van der Waals surface area (Å²) in [6, 6.07) is 7.11. The number of amides is 1. The van der Waals surface area contributed by atoms with Gasteiger partial charge in [0.05, 0.1) is 17.9 Å². The quantitative estimate of drug-likeness (QED) is 0.386. The second-order valence-corrected chi connectivity index (χ2v) is 13.1. The van der Waals surface area contributed by atoms with Crippen molar-refractivity contribution in [1.82, 2.24) is 4.90 Å². The van der Waals surface area contributed by atoms with E-state index in [0.717, 1.165) is 0 Å². The first kappa shape index (κ1) is 32.6. The van der Waals surface area contributed by atoms with Crippen LogP contribution in [0.1, 0.15) is 43.2 Å². The van der Waals surface area contributed by atoms with Crippen LogP contribution in [0.5, 0.6) is 5.75 Å². The highest BCUT2D eigenvalue weighted by atomic mass is 32.2. The maximum absolute atomic E-state index is 14.7. The molecule has 1 N–H and O–H groups in total. The molecule has 0 unspecified atom stereocenters. The van der Waals surface area contributed by atoms with Crippen LogP contribution in [0, 0.1) is 11.8 Å². The number of hydrogen-bond donors (Lipinski definition) is 1. The standard InChI is InChI=1S/C28H28F7NO6S/c1-42-21-10-12-22(13-11-21)43(40,41)25(14-15-36(16-25)23(37)17-2-4-18(5-3-17)24(38)39)19-6-8-20(9-7-19)26(29,27(30,31)32)28(33,34)35/h6-13,17-18H,2-5,14-16H2,1H3,(H,38,39)/t17?,18?,25-/m0/s1. The lowest BCUT2D eigenvalue weighted by Crippen LogP contribution is -2.50. The Hall–Kier alpha value is -3.36. The third-order valence-corrected chi connectivity index (χ3v) is 10.9. The Labute approximate surface area is 242 Å². The van der Waals surface area contributed by atoms with Crippen molar-refractivity contribution in [3.63, 3.8) is 0 Å². The van der Waals surface area contributed by atoms with Crippen LogP contribution in [0.15, 0.2) is 53.4 Å². The summed E-state index contributed by atoms with van der Waals surface area (Å²) < 4.78 is 126. The van der Waals surface area contributed by atoms with Gasteiger partial charge in [-0.15, -0.1) is 0 Å². The van der Waals surface area contributed by atoms with Gasteiger partial charge >= 0.3 is 24.0 Å². The zero-order valence-electron chi connectivity index (χ0n) is 22.7. The lowest BCUT2D eigenvalue weighted by atomic mass is 9.81. The minimum Gasteiger partial charge on any atom is -0.497 e. The van der Waals surface area contributed by atoms with E-state index in [2.05, 4.69) is 0 Å². The van der Waals surface area contributed by atoms with Crippen molar-refractivity contribution in [3.8, 4) is 5.75 Å². The van der Waals surface area contributed by atoms with E-state index in [1.807, 2.05) is 0 Å². The number of nitrogens with zero attached hydrogens (tertiary/aromatic N) is 1. The minimum absolute atomic E-state index is 0.104. The monoisotopic (exact) mass is 639 g/mol. The number of carboxylic acid groups (broad SMARTS) is 1. The Morgan fingerprint density at radius 1 is 0.860 bits per heavy atom. The number of hydrogen-bond acceptors (Lipinski definition) is 5. The zero-order chi connectivity index (χ0) is 32.0. The third-order valence-electron chi connectivity index (χ3n) is 8.44. The van der Waals surface area contributed by atoms with Crippen molar-refractivity contribution < 1.29 is 58.6 Å². The second-order valence-electron chi connectivity index (χ2n) is 10.8. The number of likely N-dealkylation sites (tertiary alicyclic amines) is 1. The molecule has 0 bridgehead atoms. The lowest BCUT2D eigenvalue weighted by Gasteiger charge is -2.33. The number of sulfone groups is 1. The van der Waals surface area contributed by atoms with Crippen LogP contribution < -0.4 is 4.74 Å². The predicted octanol–water partition coefficient (Wildman–Crippen LogP) is 5.78. The Morgan fingerprint density at radius 3 is 1.84 bits per heavy atom. The predicted molar refractivity (Wildman–Crippen MR) is 137 cm³/mol. The molecule has 0 radical (unpaired) electrons. The number of carbonyl (C=O) groups is 2. The molecule has 1 amide bonds. The van der Waals surface area contributed by atoms with Gasteiger partial charge in [-0.05, 0) is 61.9 Å². The molecule has 1 aliphatic carbocycles. The van der Waals surface area contributed by atoms with Gasteiger partial charge in [-0.25, -0.2) is 12.8 Å². The Balaban J connectivity index is 1.75. The summed E-state index contributed by atoms with van der Waals surface area (Å²) >= 11 is 0. The van der Waals surface area contributed by atoms with Gasteiger partial charge in [0, 0.05) is 24.6 Å². The molecule has 2 aromatic carbocycles. The summed E-state index contributed by atoms with van der Waals surface area (Å²) in [4.78, 5) is 25.7. The van der Waals surface area contributed by atoms with E-state index in [4.69, 9.17) is 4.74 Å². The summed E-state index contributed by atoms with van der Waals surface area (Å²) in [5.74, 6) is -2.27.